The van der Waals surface area contributed by atoms with Crippen LogP contribution >= 0.6 is 0 Å². The fourth-order valence-corrected chi connectivity index (χ4v) is 2.41. The molecule has 1 aromatic carbocycles. The number of rotatable bonds is 4. The Labute approximate surface area is 123 Å². The summed E-state index contributed by atoms with van der Waals surface area (Å²) in [6.07, 6.45) is 3.51. The molecule has 0 saturated heterocycles. The van der Waals surface area contributed by atoms with E-state index in [-0.39, 0.29) is 6.61 Å². The van der Waals surface area contributed by atoms with Crippen LogP contribution in [-0.2, 0) is 5.54 Å². The van der Waals surface area contributed by atoms with Gasteiger partial charge in [-0.2, -0.15) is 5.10 Å². The SMILES string of the molecule is Cc1cc2c(NC(C)(CO)c3ccccc3)nccn2n1. The lowest BCUT2D eigenvalue weighted by molar-refractivity contribution is 0.224. The van der Waals surface area contributed by atoms with Crippen LogP contribution in [0.3, 0.4) is 0 Å². The molecule has 0 spiro atoms. The molecule has 1 atom stereocenters. The average Bonchev–Trinajstić information content (AvgIpc) is 2.89. The quantitative estimate of drug-likeness (QED) is 0.771. The van der Waals surface area contributed by atoms with Crippen molar-refractivity contribution in [1.82, 2.24) is 14.6 Å². The first kappa shape index (κ1) is 13.6. The lowest BCUT2D eigenvalue weighted by Crippen LogP contribution is -2.36. The molecule has 3 aromatic rings. The predicted octanol–water partition coefficient (Wildman–Crippen LogP) is 2.36. The van der Waals surface area contributed by atoms with Crippen LogP contribution in [0.15, 0.2) is 48.8 Å². The second kappa shape index (κ2) is 5.18. The highest BCUT2D eigenvalue weighted by Gasteiger charge is 2.26. The van der Waals surface area contributed by atoms with E-state index in [1.54, 1.807) is 10.7 Å². The van der Waals surface area contributed by atoms with E-state index in [2.05, 4.69) is 15.4 Å². The Morgan fingerprint density at radius 1 is 1.29 bits per heavy atom. The summed E-state index contributed by atoms with van der Waals surface area (Å²) in [5.74, 6) is 0.707. The van der Waals surface area contributed by atoms with Crippen molar-refractivity contribution in [2.45, 2.75) is 19.4 Å². The Bertz CT molecular complexity index is 753. The van der Waals surface area contributed by atoms with Gasteiger partial charge in [-0.1, -0.05) is 30.3 Å². The molecule has 0 aliphatic rings. The van der Waals surface area contributed by atoms with Gasteiger partial charge in [0.15, 0.2) is 5.82 Å². The third-order valence-corrected chi connectivity index (χ3v) is 3.63. The first-order chi connectivity index (χ1) is 10.1. The smallest absolute Gasteiger partial charge is 0.152 e. The molecule has 2 heterocycles. The van der Waals surface area contributed by atoms with E-state index in [0.717, 1.165) is 16.8 Å². The Balaban J connectivity index is 2.03. The molecule has 108 valence electrons. The van der Waals surface area contributed by atoms with Gasteiger partial charge in [0.25, 0.3) is 0 Å². The van der Waals surface area contributed by atoms with Crippen molar-refractivity contribution in [3.63, 3.8) is 0 Å². The first-order valence-electron chi connectivity index (χ1n) is 6.88. The number of anilines is 1. The maximum atomic E-state index is 9.86. The molecule has 0 bridgehead atoms. The number of hydrogen-bond acceptors (Lipinski definition) is 4. The summed E-state index contributed by atoms with van der Waals surface area (Å²) in [6.45, 7) is 3.86. The molecule has 0 aliphatic heterocycles. The summed E-state index contributed by atoms with van der Waals surface area (Å²) in [6, 6.07) is 11.8. The minimum absolute atomic E-state index is 0.0349. The molecule has 2 N–H and O–H groups in total. The Kier molecular flexibility index (Phi) is 3.35. The highest BCUT2D eigenvalue weighted by molar-refractivity contribution is 5.68. The minimum atomic E-state index is -0.603. The lowest BCUT2D eigenvalue weighted by Gasteiger charge is -2.30. The zero-order valence-corrected chi connectivity index (χ0v) is 12.1. The Hall–Kier alpha value is -2.40. The van der Waals surface area contributed by atoms with Gasteiger partial charge in [0, 0.05) is 12.4 Å². The van der Waals surface area contributed by atoms with Crippen molar-refractivity contribution in [2.75, 3.05) is 11.9 Å². The summed E-state index contributed by atoms with van der Waals surface area (Å²) in [5, 5.41) is 17.6. The van der Waals surface area contributed by atoms with Gasteiger partial charge >= 0.3 is 0 Å². The molecule has 0 amide bonds. The van der Waals surface area contributed by atoms with E-state index in [9.17, 15) is 5.11 Å². The lowest BCUT2D eigenvalue weighted by atomic mass is 9.93. The highest BCUT2D eigenvalue weighted by atomic mass is 16.3. The van der Waals surface area contributed by atoms with Gasteiger partial charge in [-0.05, 0) is 25.5 Å². The van der Waals surface area contributed by atoms with E-state index in [1.807, 2.05) is 56.4 Å². The van der Waals surface area contributed by atoms with Crippen LogP contribution in [0.4, 0.5) is 5.82 Å². The maximum Gasteiger partial charge on any atom is 0.152 e. The van der Waals surface area contributed by atoms with E-state index < -0.39 is 5.54 Å². The van der Waals surface area contributed by atoms with E-state index in [1.165, 1.54) is 0 Å². The van der Waals surface area contributed by atoms with Gasteiger partial charge in [0.1, 0.15) is 5.52 Å². The largest absolute Gasteiger partial charge is 0.394 e. The van der Waals surface area contributed by atoms with Gasteiger partial charge in [-0.25, -0.2) is 9.50 Å². The summed E-state index contributed by atoms with van der Waals surface area (Å²) in [7, 11) is 0. The topological polar surface area (TPSA) is 62.5 Å². The van der Waals surface area contributed by atoms with Crippen molar-refractivity contribution in [3.05, 3.63) is 60.0 Å². The summed E-state index contributed by atoms with van der Waals surface area (Å²) >= 11 is 0. The fraction of sp³-hybridized carbons (Fsp3) is 0.250. The maximum absolute atomic E-state index is 9.86. The van der Waals surface area contributed by atoms with Gasteiger partial charge in [0.2, 0.25) is 0 Å². The molecule has 0 fully saturated rings. The van der Waals surface area contributed by atoms with E-state index in [4.69, 9.17) is 0 Å². The summed E-state index contributed by atoms with van der Waals surface area (Å²) in [4.78, 5) is 4.40. The summed E-state index contributed by atoms with van der Waals surface area (Å²) < 4.78 is 1.79. The molecule has 0 aliphatic carbocycles. The van der Waals surface area contributed by atoms with Crippen molar-refractivity contribution in [1.29, 1.82) is 0 Å². The number of hydrogen-bond donors (Lipinski definition) is 2. The van der Waals surface area contributed by atoms with E-state index in [0.29, 0.717) is 5.82 Å². The van der Waals surface area contributed by atoms with Crippen LogP contribution in [0.5, 0.6) is 0 Å². The van der Waals surface area contributed by atoms with Gasteiger partial charge in [-0.15, -0.1) is 0 Å². The number of aliphatic hydroxyl groups is 1. The Morgan fingerprint density at radius 2 is 2.05 bits per heavy atom. The number of nitrogens with zero attached hydrogens (tertiary/aromatic N) is 3. The molecule has 0 saturated carbocycles. The summed E-state index contributed by atoms with van der Waals surface area (Å²) in [5.41, 5.74) is 2.23. The molecule has 1 unspecified atom stereocenters. The molecular formula is C16H18N4O. The van der Waals surface area contributed by atoms with E-state index >= 15 is 0 Å². The van der Waals surface area contributed by atoms with Crippen LogP contribution in [0.1, 0.15) is 18.2 Å². The number of aliphatic hydroxyl groups excluding tert-OH is 1. The number of benzene rings is 1. The number of nitrogens with one attached hydrogen (secondary N) is 1. The number of fused-ring (bicyclic) bond motifs is 1. The average molecular weight is 282 g/mol. The molecule has 0 radical (unpaired) electrons. The van der Waals surface area contributed by atoms with Crippen molar-refractivity contribution in [2.24, 2.45) is 0 Å². The normalized spacial score (nSPS) is 14.0. The molecule has 5 nitrogen and oxygen atoms in total. The fourth-order valence-electron chi connectivity index (χ4n) is 2.41. The van der Waals surface area contributed by atoms with Gasteiger partial charge in [-0.3, -0.25) is 0 Å². The van der Waals surface area contributed by atoms with Crippen molar-refractivity contribution in [3.8, 4) is 0 Å². The van der Waals surface area contributed by atoms with Crippen LogP contribution in [0.2, 0.25) is 0 Å². The standard InChI is InChI=1S/C16H18N4O/c1-12-10-14-15(17-8-9-20(14)19-12)18-16(2,11-21)13-6-4-3-5-7-13/h3-10,21H,11H2,1-2H3,(H,17,18). The molecule has 21 heavy (non-hydrogen) atoms. The second-order valence-electron chi connectivity index (χ2n) is 5.37. The molecule has 2 aromatic heterocycles. The van der Waals surface area contributed by atoms with Crippen LogP contribution in [0, 0.1) is 6.92 Å². The zero-order valence-electron chi connectivity index (χ0n) is 12.1. The predicted molar refractivity (Wildman–Crippen MR) is 82.2 cm³/mol. The van der Waals surface area contributed by atoms with Crippen LogP contribution in [0.25, 0.3) is 5.52 Å². The molecule has 5 heteroatoms. The minimum Gasteiger partial charge on any atom is -0.394 e. The molecular weight excluding hydrogens is 264 g/mol. The zero-order chi connectivity index (χ0) is 14.9. The van der Waals surface area contributed by atoms with Crippen molar-refractivity contribution < 1.29 is 5.11 Å². The Morgan fingerprint density at radius 3 is 2.76 bits per heavy atom. The second-order valence-corrected chi connectivity index (χ2v) is 5.37. The molecule has 3 rings (SSSR count). The van der Waals surface area contributed by atoms with Crippen molar-refractivity contribution >= 4 is 11.3 Å². The number of aryl methyl sites for hydroxylation is 1. The van der Waals surface area contributed by atoms with Gasteiger partial charge < -0.3 is 10.4 Å². The van der Waals surface area contributed by atoms with Crippen LogP contribution in [-0.4, -0.2) is 26.3 Å². The number of aromatic nitrogens is 3. The van der Waals surface area contributed by atoms with Crippen LogP contribution < -0.4 is 5.32 Å². The third kappa shape index (κ3) is 2.48. The first-order valence-corrected chi connectivity index (χ1v) is 6.88. The van der Waals surface area contributed by atoms with Gasteiger partial charge in [0.05, 0.1) is 17.8 Å². The third-order valence-electron chi connectivity index (χ3n) is 3.63. The highest BCUT2D eigenvalue weighted by Crippen LogP contribution is 2.27. The monoisotopic (exact) mass is 282 g/mol.